The molecule has 4 heteroatoms. The molecule has 0 aromatic rings. The summed E-state index contributed by atoms with van der Waals surface area (Å²) in [4.78, 5) is 24.2. The highest BCUT2D eigenvalue weighted by Gasteiger charge is 2.67. The quantitative estimate of drug-likeness (QED) is 0.221. The van der Waals surface area contributed by atoms with E-state index in [1.54, 1.807) is 6.92 Å². The largest absolute Gasteiger partial charge is 0.465 e. The summed E-state index contributed by atoms with van der Waals surface area (Å²) in [5, 5.41) is 0. The van der Waals surface area contributed by atoms with Gasteiger partial charge in [-0.3, -0.25) is 9.59 Å². The predicted molar refractivity (Wildman–Crippen MR) is 140 cm³/mol. The Bertz CT molecular complexity index is 778. The van der Waals surface area contributed by atoms with Gasteiger partial charge in [-0.15, -0.1) is 0 Å². The summed E-state index contributed by atoms with van der Waals surface area (Å²) >= 11 is 0. The van der Waals surface area contributed by atoms with Gasteiger partial charge in [-0.2, -0.15) is 0 Å². The molecule has 0 aliphatic heterocycles. The van der Waals surface area contributed by atoms with Crippen LogP contribution in [0.2, 0.25) is 0 Å². The molecule has 4 aliphatic carbocycles. The van der Waals surface area contributed by atoms with E-state index in [1.807, 2.05) is 0 Å². The molecule has 0 aromatic carbocycles. The average Bonchev–Trinajstić information content (AvgIpc) is 3.00. The monoisotopic (exact) mass is 488 g/mol. The molecule has 4 nitrogen and oxygen atoms in total. The first-order valence-corrected chi connectivity index (χ1v) is 14.8. The first-order valence-electron chi connectivity index (χ1n) is 14.8. The minimum atomic E-state index is 0.0111. The minimum absolute atomic E-state index is 0.0111. The van der Waals surface area contributed by atoms with Gasteiger partial charge < -0.3 is 9.47 Å². The van der Waals surface area contributed by atoms with E-state index in [0.29, 0.717) is 29.8 Å². The van der Waals surface area contributed by atoms with E-state index in [0.717, 1.165) is 25.2 Å². The number of hydrogen-bond donors (Lipinski definition) is 0. The van der Waals surface area contributed by atoms with E-state index < -0.39 is 0 Å². The fraction of sp³-hybridized carbons (Fsp3) is 0.935. The minimum Gasteiger partial charge on any atom is -0.465 e. The molecule has 4 fully saturated rings. The lowest BCUT2D eigenvalue weighted by Gasteiger charge is -2.64. The summed E-state index contributed by atoms with van der Waals surface area (Å²) in [6, 6.07) is 0. The van der Waals surface area contributed by atoms with E-state index in [2.05, 4.69) is 27.7 Å². The van der Waals surface area contributed by atoms with Crippen molar-refractivity contribution >= 4 is 11.8 Å². The van der Waals surface area contributed by atoms with E-state index in [-0.39, 0.29) is 35.3 Å². The average molecular weight is 489 g/mol. The molecule has 35 heavy (non-hydrogen) atoms. The van der Waals surface area contributed by atoms with Crippen LogP contribution in [0.3, 0.4) is 0 Å². The summed E-state index contributed by atoms with van der Waals surface area (Å²) in [5.41, 5.74) is 0.998. The van der Waals surface area contributed by atoms with Crippen LogP contribution in [0.1, 0.15) is 131 Å². The highest BCUT2D eigenvalue weighted by atomic mass is 16.5. The summed E-state index contributed by atoms with van der Waals surface area (Å²) < 4.78 is 12.2. The number of rotatable bonds is 11. The first-order chi connectivity index (χ1) is 16.6. The number of Topliss-reactive ketones (excluding diaryl/α,β-unsaturated/α-hetero) is 1. The third kappa shape index (κ3) is 5.25. The summed E-state index contributed by atoms with van der Waals surface area (Å²) in [5.74, 6) is 1.50. The maximum absolute atomic E-state index is 12.6. The molecule has 4 saturated carbocycles. The SMILES string of the molecule is CCCCCCCC(=O)OC[C@]1(C)CCC[C@@]2(C)C3CC[C@]4(C)C[C@]3(CC[C@H]12)C[C@H]4OCC(C)=O. The smallest absolute Gasteiger partial charge is 0.305 e. The van der Waals surface area contributed by atoms with Gasteiger partial charge in [0.05, 0.1) is 12.7 Å². The Kier molecular flexibility index (Phi) is 8.11. The number of hydrogen-bond acceptors (Lipinski definition) is 4. The Morgan fingerprint density at radius 3 is 2.40 bits per heavy atom. The molecule has 0 saturated heterocycles. The number of ketones is 1. The molecule has 0 aromatic heterocycles. The van der Waals surface area contributed by atoms with Crippen LogP contribution in [0.4, 0.5) is 0 Å². The second-order valence-electron chi connectivity index (χ2n) is 13.9. The van der Waals surface area contributed by atoms with Crippen molar-refractivity contribution in [3.05, 3.63) is 0 Å². The molecule has 4 aliphatic rings. The van der Waals surface area contributed by atoms with E-state index in [4.69, 9.17) is 9.47 Å². The van der Waals surface area contributed by atoms with Gasteiger partial charge in [0.25, 0.3) is 0 Å². The number of carbonyl (C=O) groups is 2. The number of ether oxygens (including phenoxy) is 2. The van der Waals surface area contributed by atoms with Gasteiger partial charge in [0.15, 0.2) is 5.78 Å². The van der Waals surface area contributed by atoms with Gasteiger partial charge in [0.1, 0.15) is 6.61 Å². The fourth-order valence-corrected chi connectivity index (χ4v) is 9.68. The number of carbonyl (C=O) groups excluding carboxylic acids is 2. The second-order valence-corrected chi connectivity index (χ2v) is 13.9. The van der Waals surface area contributed by atoms with E-state index in [1.165, 1.54) is 70.6 Å². The van der Waals surface area contributed by atoms with Crippen molar-refractivity contribution in [2.24, 2.45) is 33.5 Å². The Morgan fingerprint density at radius 1 is 0.914 bits per heavy atom. The van der Waals surface area contributed by atoms with Crippen LogP contribution in [-0.2, 0) is 19.1 Å². The molecule has 0 amide bonds. The van der Waals surface area contributed by atoms with Crippen molar-refractivity contribution in [1.29, 1.82) is 0 Å². The fourth-order valence-electron chi connectivity index (χ4n) is 9.68. The van der Waals surface area contributed by atoms with Crippen LogP contribution in [0.15, 0.2) is 0 Å². The summed E-state index contributed by atoms with van der Waals surface area (Å²) in [6.45, 7) is 12.2. The van der Waals surface area contributed by atoms with Gasteiger partial charge in [-0.25, -0.2) is 0 Å². The third-order valence-electron chi connectivity index (χ3n) is 11.2. The Morgan fingerprint density at radius 2 is 1.66 bits per heavy atom. The molecule has 2 bridgehead atoms. The second kappa shape index (κ2) is 10.5. The highest BCUT2D eigenvalue weighted by molar-refractivity contribution is 5.76. The third-order valence-corrected chi connectivity index (χ3v) is 11.2. The lowest BCUT2D eigenvalue weighted by atomic mass is 9.40. The normalized spacial score (nSPS) is 42.3. The van der Waals surface area contributed by atoms with Crippen LogP contribution in [0.25, 0.3) is 0 Å². The maximum atomic E-state index is 12.6. The van der Waals surface area contributed by atoms with Gasteiger partial charge in [-0.1, -0.05) is 59.8 Å². The highest BCUT2D eigenvalue weighted by Crippen LogP contribution is 2.74. The molecule has 4 rings (SSSR count). The molecular weight excluding hydrogens is 436 g/mol. The van der Waals surface area contributed by atoms with Gasteiger partial charge in [0.2, 0.25) is 0 Å². The molecule has 1 spiro atoms. The Balaban J connectivity index is 1.41. The Labute approximate surface area is 214 Å². The van der Waals surface area contributed by atoms with Gasteiger partial charge in [-0.05, 0) is 92.8 Å². The van der Waals surface area contributed by atoms with E-state index in [9.17, 15) is 9.59 Å². The molecular formula is C31H52O4. The zero-order valence-corrected chi connectivity index (χ0v) is 23.4. The molecule has 0 radical (unpaired) electrons. The van der Waals surface area contributed by atoms with Crippen molar-refractivity contribution in [3.63, 3.8) is 0 Å². The van der Waals surface area contributed by atoms with Crippen LogP contribution in [0.5, 0.6) is 0 Å². The summed E-state index contributed by atoms with van der Waals surface area (Å²) in [7, 11) is 0. The zero-order valence-electron chi connectivity index (χ0n) is 23.4. The maximum Gasteiger partial charge on any atom is 0.305 e. The van der Waals surface area contributed by atoms with Crippen molar-refractivity contribution in [2.75, 3.05) is 13.2 Å². The lowest BCUT2D eigenvalue weighted by molar-refractivity contribution is -0.176. The van der Waals surface area contributed by atoms with Crippen molar-refractivity contribution in [1.82, 2.24) is 0 Å². The van der Waals surface area contributed by atoms with Crippen LogP contribution >= 0.6 is 0 Å². The van der Waals surface area contributed by atoms with Crippen LogP contribution < -0.4 is 0 Å². The van der Waals surface area contributed by atoms with Gasteiger partial charge in [0, 0.05) is 11.8 Å². The number of esters is 1. The first kappa shape index (κ1) is 27.1. The van der Waals surface area contributed by atoms with Crippen LogP contribution in [0, 0.1) is 33.5 Å². The lowest BCUT2D eigenvalue weighted by Crippen LogP contribution is -2.57. The molecule has 0 N–H and O–H groups in total. The van der Waals surface area contributed by atoms with Gasteiger partial charge >= 0.3 is 5.97 Å². The number of fused-ring (bicyclic) bond motifs is 3. The van der Waals surface area contributed by atoms with Crippen LogP contribution in [-0.4, -0.2) is 31.1 Å². The zero-order chi connectivity index (χ0) is 25.3. The van der Waals surface area contributed by atoms with Crippen molar-refractivity contribution < 1.29 is 19.1 Å². The predicted octanol–water partition coefficient (Wildman–Crippen LogP) is 7.67. The van der Waals surface area contributed by atoms with Crippen molar-refractivity contribution in [2.45, 2.75) is 137 Å². The molecule has 1 unspecified atom stereocenters. The van der Waals surface area contributed by atoms with Crippen molar-refractivity contribution in [3.8, 4) is 0 Å². The number of unbranched alkanes of at least 4 members (excludes halogenated alkanes) is 4. The molecule has 7 atom stereocenters. The standard InChI is InChI=1S/C31H52O4/c1-6-7-8-9-10-12-27(33)35-22-29(4)15-11-16-30(5)24(29)14-18-31-19-26(34-20-23(2)32)28(3,21-31)17-13-25(30)31/h24-26H,6-22H2,1-5H3/t24-,25?,26-,28-,29+,30-,31+/m1/s1. The summed E-state index contributed by atoms with van der Waals surface area (Å²) in [6.07, 6.45) is 17.8. The van der Waals surface area contributed by atoms with E-state index >= 15 is 0 Å². The topological polar surface area (TPSA) is 52.6 Å². The Hall–Kier alpha value is -0.900. The molecule has 0 heterocycles. The molecule has 200 valence electrons.